The minimum atomic E-state index is 0.714. The standard InChI is InChI=1S/C20H36O2/c1-3-14-22-16-20-12-8-18(9-13-20)5-4-17-6-10-19(11-7-17)15-21-2/h3,17-20H,1,4-16H2,2H3/t17-,18-,19-,20-. The third-order valence-electron chi connectivity index (χ3n) is 5.91. The number of ether oxygens (including phenoxy) is 2. The molecule has 2 aliphatic rings. The molecule has 22 heavy (non-hydrogen) atoms. The van der Waals surface area contributed by atoms with Crippen molar-refractivity contribution in [3.8, 4) is 0 Å². The first-order valence-electron chi connectivity index (χ1n) is 9.49. The lowest BCUT2D eigenvalue weighted by molar-refractivity contribution is 0.0920. The lowest BCUT2D eigenvalue weighted by atomic mass is 9.76. The van der Waals surface area contributed by atoms with Crippen LogP contribution in [0.3, 0.4) is 0 Å². The quantitative estimate of drug-likeness (QED) is 0.429. The van der Waals surface area contributed by atoms with Crippen molar-refractivity contribution in [2.45, 2.75) is 64.2 Å². The average Bonchev–Trinajstić information content (AvgIpc) is 2.56. The fourth-order valence-electron chi connectivity index (χ4n) is 4.40. The van der Waals surface area contributed by atoms with Crippen LogP contribution in [0.5, 0.6) is 0 Å². The van der Waals surface area contributed by atoms with Crippen molar-refractivity contribution < 1.29 is 9.47 Å². The van der Waals surface area contributed by atoms with Gasteiger partial charge >= 0.3 is 0 Å². The zero-order valence-electron chi connectivity index (χ0n) is 14.6. The van der Waals surface area contributed by atoms with Crippen molar-refractivity contribution in [2.24, 2.45) is 23.7 Å². The van der Waals surface area contributed by atoms with E-state index in [2.05, 4.69) is 6.58 Å². The predicted octanol–water partition coefficient (Wildman–Crippen LogP) is 5.23. The molecule has 0 spiro atoms. The Bertz CT molecular complexity index is 286. The van der Waals surface area contributed by atoms with E-state index in [1.807, 2.05) is 13.2 Å². The lowest BCUT2D eigenvalue weighted by Gasteiger charge is -2.31. The van der Waals surface area contributed by atoms with Crippen molar-refractivity contribution in [2.75, 3.05) is 26.9 Å². The number of rotatable bonds is 9. The predicted molar refractivity (Wildman–Crippen MR) is 93.0 cm³/mol. The molecule has 0 amide bonds. The molecular formula is C20H36O2. The third-order valence-corrected chi connectivity index (χ3v) is 5.91. The molecule has 2 fully saturated rings. The van der Waals surface area contributed by atoms with E-state index in [4.69, 9.17) is 9.47 Å². The summed E-state index contributed by atoms with van der Waals surface area (Å²) >= 11 is 0. The topological polar surface area (TPSA) is 18.5 Å². The molecule has 0 bridgehead atoms. The zero-order valence-corrected chi connectivity index (χ0v) is 14.6. The maximum Gasteiger partial charge on any atom is 0.0644 e. The van der Waals surface area contributed by atoms with Crippen LogP contribution in [0, 0.1) is 23.7 Å². The average molecular weight is 309 g/mol. The van der Waals surface area contributed by atoms with E-state index in [0.717, 1.165) is 36.9 Å². The fraction of sp³-hybridized carbons (Fsp3) is 0.900. The molecule has 0 unspecified atom stereocenters. The first-order valence-corrected chi connectivity index (χ1v) is 9.49. The van der Waals surface area contributed by atoms with Gasteiger partial charge in [0.2, 0.25) is 0 Å². The van der Waals surface area contributed by atoms with Gasteiger partial charge in [0.05, 0.1) is 6.61 Å². The van der Waals surface area contributed by atoms with Crippen molar-refractivity contribution in [3.63, 3.8) is 0 Å². The summed E-state index contributed by atoms with van der Waals surface area (Å²) in [7, 11) is 1.84. The van der Waals surface area contributed by atoms with Gasteiger partial charge in [-0.3, -0.25) is 0 Å². The van der Waals surface area contributed by atoms with E-state index in [0.29, 0.717) is 6.61 Å². The van der Waals surface area contributed by atoms with E-state index in [1.165, 1.54) is 64.2 Å². The Labute approximate surface area is 137 Å². The molecule has 0 atom stereocenters. The molecule has 2 rings (SSSR count). The minimum Gasteiger partial charge on any atom is -0.384 e. The van der Waals surface area contributed by atoms with Crippen molar-refractivity contribution in [1.29, 1.82) is 0 Å². The molecule has 2 nitrogen and oxygen atoms in total. The SMILES string of the molecule is C=CCOC[C@H]1CC[C@H](CC[C@H]2CC[C@H](COC)CC2)CC1. The Balaban J connectivity index is 1.53. The van der Waals surface area contributed by atoms with Gasteiger partial charge in [-0.05, 0) is 49.4 Å². The highest BCUT2D eigenvalue weighted by Crippen LogP contribution is 2.36. The van der Waals surface area contributed by atoms with Crippen molar-refractivity contribution >= 4 is 0 Å². The van der Waals surface area contributed by atoms with Crippen LogP contribution in [0.1, 0.15) is 64.2 Å². The monoisotopic (exact) mass is 308 g/mol. The summed E-state index contributed by atoms with van der Waals surface area (Å²) in [6.45, 7) is 6.34. The Hall–Kier alpha value is -0.340. The van der Waals surface area contributed by atoms with Gasteiger partial charge in [0.25, 0.3) is 0 Å². The number of hydrogen-bond acceptors (Lipinski definition) is 2. The highest BCUT2D eigenvalue weighted by Gasteiger charge is 2.24. The Morgan fingerprint density at radius 1 is 0.773 bits per heavy atom. The molecule has 2 aliphatic carbocycles. The van der Waals surface area contributed by atoms with Crippen LogP contribution in [0.4, 0.5) is 0 Å². The highest BCUT2D eigenvalue weighted by atomic mass is 16.5. The summed E-state index contributed by atoms with van der Waals surface area (Å²) in [5.41, 5.74) is 0. The van der Waals surface area contributed by atoms with Crippen LogP contribution in [-0.2, 0) is 9.47 Å². The largest absolute Gasteiger partial charge is 0.384 e. The van der Waals surface area contributed by atoms with Crippen LogP contribution < -0.4 is 0 Å². The second-order valence-electron chi connectivity index (χ2n) is 7.63. The van der Waals surface area contributed by atoms with E-state index >= 15 is 0 Å². The van der Waals surface area contributed by atoms with Gasteiger partial charge in [0.15, 0.2) is 0 Å². The van der Waals surface area contributed by atoms with Crippen LogP contribution in [0.2, 0.25) is 0 Å². The highest BCUT2D eigenvalue weighted by molar-refractivity contribution is 4.77. The Kier molecular flexibility index (Phi) is 8.54. The third kappa shape index (κ3) is 6.42. The second-order valence-corrected chi connectivity index (χ2v) is 7.63. The van der Waals surface area contributed by atoms with E-state index in [1.54, 1.807) is 0 Å². The van der Waals surface area contributed by atoms with Gasteiger partial charge in [0, 0.05) is 20.3 Å². The van der Waals surface area contributed by atoms with E-state index in [-0.39, 0.29) is 0 Å². The molecule has 0 aromatic rings. The van der Waals surface area contributed by atoms with Gasteiger partial charge in [-0.15, -0.1) is 6.58 Å². The Morgan fingerprint density at radius 3 is 1.68 bits per heavy atom. The number of methoxy groups -OCH3 is 1. The van der Waals surface area contributed by atoms with Gasteiger partial charge in [-0.2, -0.15) is 0 Å². The van der Waals surface area contributed by atoms with Gasteiger partial charge in [-0.25, -0.2) is 0 Å². The summed E-state index contributed by atoms with van der Waals surface area (Å²) < 4.78 is 10.9. The first-order chi connectivity index (χ1) is 10.8. The maximum atomic E-state index is 5.61. The molecule has 0 heterocycles. The molecule has 0 aromatic heterocycles. The van der Waals surface area contributed by atoms with Crippen molar-refractivity contribution in [3.05, 3.63) is 12.7 Å². The molecule has 0 radical (unpaired) electrons. The second kappa shape index (κ2) is 10.4. The first kappa shape index (κ1) is 18.0. The maximum absolute atomic E-state index is 5.61. The summed E-state index contributed by atoms with van der Waals surface area (Å²) in [6, 6.07) is 0. The van der Waals surface area contributed by atoms with Gasteiger partial charge < -0.3 is 9.47 Å². The minimum absolute atomic E-state index is 0.714. The Morgan fingerprint density at radius 2 is 1.23 bits per heavy atom. The van der Waals surface area contributed by atoms with E-state index in [9.17, 15) is 0 Å². The summed E-state index contributed by atoms with van der Waals surface area (Å²) in [5, 5.41) is 0. The molecule has 128 valence electrons. The summed E-state index contributed by atoms with van der Waals surface area (Å²) in [4.78, 5) is 0. The molecular weight excluding hydrogens is 272 g/mol. The normalized spacial score (nSPS) is 32.8. The number of hydrogen-bond donors (Lipinski definition) is 0. The van der Waals surface area contributed by atoms with Crippen LogP contribution >= 0.6 is 0 Å². The molecule has 0 saturated heterocycles. The molecule has 2 saturated carbocycles. The zero-order chi connectivity index (χ0) is 15.6. The molecule has 0 aromatic carbocycles. The van der Waals surface area contributed by atoms with Crippen LogP contribution in [0.15, 0.2) is 12.7 Å². The smallest absolute Gasteiger partial charge is 0.0644 e. The van der Waals surface area contributed by atoms with Crippen LogP contribution in [-0.4, -0.2) is 26.9 Å². The summed E-state index contributed by atoms with van der Waals surface area (Å²) in [6.07, 6.45) is 16.1. The fourth-order valence-corrected chi connectivity index (χ4v) is 4.40. The lowest BCUT2D eigenvalue weighted by Crippen LogP contribution is -2.21. The molecule has 0 N–H and O–H groups in total. The summed E-state index contributed by atoms with van der Waals surface area (Å²) in [5.74, 6) is 3.64. The molecule has 0 aliphatic heterocycles. The van der Waals surface area contributed by atoms with E-state index < -0.39 is 0 Å². The van der Waals surface area contributed by atoms with Crippen molar-refractivity contribution in [1.82, 2.24) is 0 Å². The van der Waals surface area contributed by atoms with Gasteiger partial charge in [0.1, 0.15) is 0 Å². The van der Waals surface area contributed by atoms with Crippen LogP contribution in [0.25, 0.3) is 0 Å². The van der Waals surface area contributed by atoms with Gasteiger partial charge in [-0.1, -0.05) is 44.6 Å². The molecule has 2 heteroatoms.